The van der Waals surface area contributed by atoms with Crippen molar-refractivity contribution in [3.63, 3.8) is 0 Å². The van der Waals surface area contributed by atoms with Gasteiger partial charge in [-0.2, -0.15) is 8.42 Å². The minimum atomic E-state index is -3.54. The van der Waals surface area contributed by atoms with E-state index in [1.54, 1.807) is 24.3 Å². The maximum atomic E-state index is 12.6. The van der Waals surface area contributed by atoms with Crippen LogP contribution in [0.4, 0.5) is 0 Å². The molecule has 0 aliphatic carbocycles. The van der Waals surface area contributed by atoms with E-state index in [1.165, 1.54) is 0 Å². The van der Waals surface area contributed by atoms with Gasteiger partial charge in [-0.1, -0.05) is 26.0 Å². The van der Waals surface area contributed by atoms with Crippen LogP contribution < -0.4 is 4.18 Å². The van der Waals surface area contributed by atoms with Crippen molar-refractivity contribution in [3.8, 4) is 5.75 Å². The summed E-state index contributed by atoms with van der Waals surface area (Å²) in [5, 5.41) is 0. The molecule has 0 radical (unpaired) electrons. The summed E-state index contributed by atoms with van der Waals surface area (Å²) >= 11 is 0. The van der Waals surface area contributed by atoms with Crippen molar-refractivity contribution in [2.24, 2.45) is 5.92 Å². The predicted molar refractivity (Wildman–Crippen MR) is 95.8 cm³/mol. The van der Waals surface area contributed by atoms with Crippen molar-refractivity contribution in [2.45, 2.75) is 45.8 Å². The number of carbonyl (C=O) groups excluding carboxylic acids is 1. The average molecular weight is 369 g/mol. The first kappa shape index (κ1) is 19.7. The SMILES string of the molecule is CC(C)CC(=O)N(Cc1ccc(OS(C)(=O)=O)cc1)C[C@@H]1CCCO1. The largest absolute Gasteiger partial charge is 0.383 e. The van der Waals surface area contributed by atoms with Crippen LogP contribution in [0.15, 0.2) is 24.3 Å². The van der Waals surface area contributed by atoms with E-state index in [2.05, 4.69) is 0 Å². The third kappa shape index (κ3) is 7.04. The fourth-order valence-corrected chi connectivity index (χ4v) is 3.27. The van der Waals surface area contributed by atoms with Crippen molar-refractivity contribution >= 4 is 16.0 Å². The van der Waals surface area contributed by atoms with Crippen molar-refractivity contribution < 1.29 is 22.1 Å². The van der Waals surface area contributed by atoms with Gasteiger partial charge in [0, 0.05) is 26.1 Å². The molecule has 1 aliphatic heterocycles. The monoisotopic (exact) mass is 369 g/mol. The molecule has 0 saturated carbocycles. The van der Waals surface area contributed by atoms with Gasteiger partial charge in [0.15, 0.2) is 0 Å². The maximum absolute atomic E-state index is 12.6. The number of nitrogens with zero attached hydrogens (tertiary/aromatic N) is 1. The predicted octanol–water partition coefficient (Wildman–Crippen LogP) is 2.58. The Morgan fingerprint density at radius 3 is 2.52 bits per heavy atom. The Bertz CT molecular complexity index is 663. The molecule has 0 bridgehead atoms. The molecule has 1 aromatic carbocycles. The van der Waals surface area contributed by atoms with Crippen LogP contribution in [-0.4, -0.2) is 44.7 Å². The molecule has 7 heteroatoms. The summed E-state index contributed by atoms with van der Waals surface area (Å²) in [6.45, 7) is 5.88. The van der Waals surface area contributed by atoms with Crippen molar-refractivity contribution in [1.82, 2.24) is 4.90 Å². The third-order valence-corrected chi connectivity index (χ3v) is 4.42. The van der Waals surface area contributed by atoms with Crippen LogP contribution in [0.3, 0.4) is 0 Å². The number of carbonyl (C=O) groups is 1. The van der Waals surface area contributed by atoms with Gasteiger partial charge in [-0.15, -0.1) is 0 Å². The van der Waals surface area contributed by atoms with Crippen LogP contribution in [0, 0.1) is 5.92 Å². The standard InChI is InChI=1S/C18H27NO5S/c1-14(2)11-18(20)19(13-17-5-4-10-23-17)12-15-6-8-16(9-7-15)24-25(3,21)22/h6-9,14,17H,4-5,10-13H2,1-3H3/t17-/m0/s1. The lowest BCUT2D eigenvalue weighted by molar-refractivity contribution is -0.134. The van der Waals surface area contributed by atoms with Crippen LogP contribution in [-0.2, 0) is 26.2 Å². The Labute approximate surface area is 150 Å². The topological polar surface area (TPSA) is 72.9 Å². The van der Waals surface area contributed by atoms with Gasteiger partial charge >= 0.3 is 10.1 Å². The first-order valence-electron chi connectivity index (χ1n) is 8.60. The molecule has 0 spiro atoms. The highest BCUT2D eigenvalue weighted by molar-refractivity contribution is 7.86. The van der Waals surface area contributed by atoms with Gasteiger partial charge in [0.2, 0.25) is 5.91 Å². The fraction of sp³-hybridized carbons (Fsp3) is 0.611. The summed E-state index contributed by atoms with van der Waals surface area (Å²) in [6.07, 6.45) is 3.63. The van der Waals surface area contributed by atoms with Crippen LogP contribution in [0.25, 0.3) is 0 Å². The zero-order valence-corrected chi connectivity index (χ0v) is 15.9. The lowest BCUT2D eigenvalue weighted by Crippen LogP contribution is -2.37. The van der Waals surface area contributed by atoms with E-state index in [9.17, 15) is 13.2 Å². The second-order valence-corrected chi connectivity index (χ2v) is 8.51. The highest BCUT2D eigenvalue weighted by Crippen LogP contribution is 2.19. The maximum Gasteiger partial charge on any atom is 0.306 e. The van der Waals surface area contributed by atoms with E-state index in [0.717, 1.165) is 31.3 Å². The number of rotatable bonds is 8. The number of hydrogen-bond donors (Lipinski definition) is 0. The Balaban J connectivity index is 2.05. The second kappa shape index (κ2) is 8.67. The molecule has 1 amide bonds. The van der Waals surface area contributed by atoms with Crippen LogP contribution in [0.2, 0.25) is 0 Å². The molecular formula is C18H27NO5S. The van der Waals surface area contributed by atoms with Crippen LogP contribution in [0.1, 0.15) is 38.7 Å². The quantitative estimate of drug-likeness (QED) is 0.659. The highest BCUT2D eigenvalue weighted by atomic mass is 32.2. The van der Waals surface area contributed by atoms with E-state index in [4.69, 9.17) is 8.92 Å². The highest BCUT2D eigenvalue weighted by Gasteiger charge is 2.23. The lowest BCUT2D eigenvalue weighted by atomic mass is 10.1. The summed E-state index contributed by atoms with van der Waals surface area (Å²) in [7, 11) is -3.54. The van der Waals surface area contributed by atoms with Crippen LogP contribution in [0.5, 0.6) is 5.75 Å². The van der Waals surface area contributed by atoms with Gasteiger partial charge in [0.05, 0.1) is 12.4 Å². The third-order valence-electron chi connectivity index (χ3n) is 3.93. The summed E-state index contributed by atoms with van der Waals surface area (Å²) in [4.78, 5) is 14.4. The Hall–Kier alpha value is -1.60. The Morgan fingerprint density at radius 1 is 1.32 bits per heavy atom. The van der Waals surface area contributed by atoms with Gasteiger partial charge in [0.1, 0.15) is 5.75 Å². The molecule has 1 aromatic rings. The molecule has 140 valence electrons. The summed E-state index contributed by atoms with van der Waals surface area (Å²) < 4.78 is 32.8. The molecule has 1 atom stereocenters. The van der Waals surface area contributed by atoms with Crippen LogP contribution >= 0.6 is 0 Å². The minimum Gasteiger partial charge on any atom is -0.383 e. The number of benzene rings is 1. The van der Waals surface area contributed by atoms with Crippen molar-refractivity contribution in [1.29, 1.82) is 0 Å². The molecule has 0 N–H and O–H groups in total. The van der Waals surface area contributed by atoms with Gasteiger partial charge in [0.25, 0.3) is 0 Å². The molecule has 1 aliphatic rings. The molecule has 2 rings (SSSR count). The smallest absolute Gasteiger partial charge is 0.306 e. The van der Waals surface area contributed by atoms with Gasteiger partial charge < -0.3 is 13.8 Å². The summed E-state index contributed by atoms with van der Waals surface area (Å²) in [6, 6.07) is 6.78. The van der Waals surface area contributed by atoms with E-state index < -0.39 is 10.1 Å². The lowest BCUT2D eigenvalue weighted by Gasteiger charge is -2.26. The van der Waals surface area contributed by atoms with Crippen molar-refractivity contribution in [3.05, 3.63) is 29.8 Å². The zero-order chi connectivity index (χ0) is 18.4. The number of amides is 1. The van der Waals surface area contributed by atoms with Gasteiger partial charge in [-0.05, 0) is 36.5 Å². The fourth-order valence-electron chi connectivity index (χ4n) is 2.81. The van der Waals surface area contributed by atoms with E-state index in [1.807, 2.05) is 18.7 Å². The molecule has 25 heavy (non-hydrogen) atoms. The molecular weight excluding hydrogens is 342 g/mol. The Morgan fingerprint density at radius 2 is 2.00 bits per heavy atom. The van der Waals surface area contributed by atoms with E-state index in [0.29, 0.717) is 25.4 Å². The molecule has 1 saturated heterocycles. The van der Waals surface area contributed by atoms with E-state index in [-0.39, 0.29) is 17.8 Å². The first-order chi connectivity index (χ1) is 11.7. The van der Waals surface area contributed by atoms with E-state index >= 15 is 0 Å². The molecule has 6 nitrogen and oxygen atoms in total. The van der Waals surface area contributed by atoms with Crippen molar-refractivity contribution in [2.75, 3.05) is 19.4 Å². The first-order valence-corrected chi connectivity index (χ1v) is 10.4. The summed E-state index contributed by atoms with van der Waals surface area (Å²) in [5.74, 6) is 0.678. The zero-order valence-electron chi connectivity index (χ0n) is 15.1. The second-order valence-electron chi connectivity index (χ2n) is 6.94. The molecule has 0 unspecified atom stereocenters. The normalized spacial score (nSPS) is 17.7. The van der Waals surface area contributed by atoms with Gasteiger partial charge in [-0.25, -0.2) is 0 Å². The molecule has 1 heterocycles. The molecule has 1 fully saturated rings. The Kier molecular flexibility index (Phi) is 6.84. The summed E-state index contributed by atoms with van der Waals surface area (Å²) in [5.41, 5.74) is 0.927. The average Bonchev–Trinajstić information content (AvgIpc) is 2.99. The van der Waals surface area contributed by atoms with Gasteiger partial charge in [-0.3, -0.25) is 4.79 Å². The number of ether oxygens (including phenoxy) is 1. The molecule has 0 aromatic heterocycles. The number of hydrogen-bond acceptors (Lipinski definition) is 5. The minimum absolute atomic E-state index is 0.101.